The molecule has 0 aromatic heterocycles. The molecule has 2 nitrogen and oxygen atoms in total. The van der Waals surface area contributed by atoms with Gasteiger partial charge in [-0.25, -0.2) is 0 Å². The maximum Gasteiger partial charge on any atom is 0.164 e. The largest absolute Gasteiger partial charge is 0.294 e. The molecule has 0 spiro atoms. The number of carbonyl (C=O) groups is 2. The van der Waals surface area contributed by atoms with Crippen LogP contribution in [0.2, 0.25) is 0 Å². The number of allylic oxidation sites excluding steroid dienone is 2. The van der Waals surface area contributed by atoms with E-state index in [1.54, 1.807) is 12.2 Å². The molecule has 2 aliphatic carbocycles. The van der Waals surface area contributed by atoms with Crippen LogP contribution in [0.1, 0.15) is 34.1 Å². The van der Waals surface area contributed by atoms with Gasteiger partial charge in [0, 0.05) is 8.95 Å². The van der Waals surface area contributed by atoms with Crippen LogP contribution in [0.25, 0.3) is 12.2 Å². The highest BCUT2D eigenvalue weighted by molar-refractivity contribution is 9.10. The van der Waals surface area contributed by atoms with Crippen molar-refractivity contribution < 1.29 is 9.59 Å². The van der Waals surface area contributed by atoms with E-state index in [-0.39, 0.29) is 11.6 Å². The highest BCUT2D eigenvalue weighted by Gasteiger charge is 2.38. The van der Waals surface area contributed by atoms with Crippen molar-refractivity contribution in [3.63, 3.8) is 0 Å². The molecule has 0 fully saturated rings. The monoisotopic (exact) mass is 442 g/mol. The van der Waals surface area contributed by atoms with Crippen molar-refractivity contribution in [3.05, 3.63) is 79.7 Å². The summed E-state index contributed by atoms with van der Waals surface area (Å²) in [6, 6.07) is 11.7. The maximum absolute atomic E-state index is 12.7. The van der Waals surface area contributed by atoms with E-state index in [4.69, 9.17) is 0 Å². The summed E-state index contributed by atoms with van der Waals surface area (Å²) in [6.07, 6.45) is 6.82. The molecule has 0 N–H and O–H groups in total. The van der Waals surface area contributed by atoms with Gasteiger partial charge in [0.05, 0.1) is 11.8 Å². The molecule has 24 heavy (non-hydrogen) atoms. The summed E-state index contributed by atoms with van der Waals surface area (Å²) in [5, 5.41) is 0. The van der Waals surface area contributed by atoms with E-state index >= 15 is 0 Å². The quantitative estimate of drug-likeness (QED) is 0.601. The molecular weight excluding hydrogens is 432 g/mol. The fourth-order valence-electron chi connectivity index (χ4n) is 3.49. The molecule has 4 heteroatoms. The summed E-state index contributed by atoms with van der Waals surface area (Å²) in [7, 11) is 0. The van der Waals surface area contributed by atoms with E-state index in [1.807, 2.05) is 48.6 Å². The molecule has 0 heterocycles. The molecule has 2 aromatic rings. The van der Waals surface area contributed by atoms with Crippen LogP contribution in [0.3, 0.4) is 0 Å². The molecular formula is C20H12Br2O2. The zero-order valence-corrected chi connectivity index (χ0v) is 15.7. The summed E-state index contributed by atoms with van der Waals surface area (Å²) in [5.41, 5.74) is 3.78. The normalized spacial score (nSPS) is 21.6. The smallest absolute Gasteiger partial charge is 0.164 e. The topological polar surface area (TPSA) is 34.1 Å². The first-order chi connectivity index (χ1) is 11.5. The maximum atomic E-state index is 12.7. The number of benzene rings is 2. The van der Waals surface area contributed by atoms with Gasteiger partial charge in [0.1, 0.15) is 0 Å². The van der Waals surface area contributed by atoms with Crippen LogP contribution >= 0.6 is 31.9 Å². The molecule has 0 saturated heterocycles. The van der Waals surface area contributed by atoms with Gasteiger partial charge < -0.3 is 0 Å². The van der Waals surface area contributed by atoms with Gasteiger partial charge in [-0.3, -0.25) is 9.59 Å². The van der Waals surface area contributed by atoms with Crippen LogP contribution in [0.4, 0.5) is 0 Å². The lowest BCUT2D eigenvalue weighted by molar-refractivity contribution is -0.122. The molecule has 2 aromatic carbocycles. The Morgan fingerprint density at radius 3 is 1.46 bits per heavy atom. The van der Waals surface area contributed by atoms with Gasteiger partial charge in [-0.1, -0.05) is 56.1 Å². The summed E-state index contributed by atoms with van der Waals surface area (Å²) in [5.74, 6) is -0.995. The molecule has 4 rings (SSSR count). The average molecular weight is 444 g/mol. The molecule has 0 bridgehead atoms. The molecule has 2 unspecified atom stereocenters. The van der Waals surface area contributed by atoms with Gasteiger partial charge in [-0.2, -0.15) is 0 Å². The van der Waals surface area contributed by atoms with Gasteiger partial charge in [-0.05, 0) is 58.7 Å². The van der Waals surface area contributed by atoms with Crippen LogP contribution in [0, 0.1) is 0 Å². The third-order valence-corrected chi connectivity index (χ3v) is 5.55. The van der Waals surface area contributed by atoms with Crippen molar-refractivity contribution in [2.45, 2.75) is 11.8 Å². The van der Waals surface area contributed by atoms with Crippen LogP contribution in [0.5, 0.6) is 0 Å². The Labute approximate surface area is 156 Å². The number of halogens is 2. The molecule has 0 amide bonds. The lowest BCUT2D eigenvalue weighted by atomic mass is 9.70. The predicted octanol–water partition coefficient (Wildman–Crippen LogP) is 5.27. The van der Waals surface area contributed by atoms with Gasteiger partial charge in [0.15, 0.2) is 11.6 Å². The van der Waals surface area contributed by atoms with E-state index in [9.17, 15) is 9.59 Å². The summed E-state index contributed by atoms with van der Waals surface area (Å²) in [6.45, 7) is 0. The van der Waals surface area contributed by atoms with E-state index in [0.29, 0.717) is 0 Å². The minimum atomic E-state index is -0.476. The van der Waals surface area contributed by atoms with Crippen molar-refractivity contribution >= 4 is 55.6 Å². The molecule has 0 aliphatic heterocycles. The van der Waals surface area contributed by atoms with Crippen molar-refractivity contribution in [1.29, 1.82) is 0 Å². The number of ketones is 2. The van der Waals surface area contributed by atoms with E-state index in [1.165, 1.54) is 0 Å². The van der Waals surface area contributed by atoms with E-state index in [0.717, 1.165) is 31.2 Å². The summed E-state index contributed by atoms with van der Waals surface area (Å²) >= 11 is 6.93. The highest BCUT2D eigenvalue weighted by Crippen LogP contribution is 2.43. The van der Waals surface area contributed by atoms with Crippen LogP contribution in [-0.4, -0.2) is 11.6 Å². The molecule has 2 aliphatic rings. The Morgan fingerprint density at radius 2 is 1.04 bits per heavy atom. The first-order valence-electron chi connectivity index (χ1n) is 7.57. The molecule has 0 radical (unpaired) electrons. The van der Waals surface area contributed by atoms with Crippen LogP contribution < -0.4 is 0 Å². The fraction of sp³-hybridized carbons (Fsp3) is 0.100. The van der Waals surface area contributed by atoms with Crippen molar-refractivity contribution in [2.75, 3.05) is 0 Å². The fourth-order valence-corrected chi connectivity index (χ4v) is 4.25. The lowest BCUT2D eigenvalue weighted by Gasteiger charge is -2.30. The molecule has 118 valence electrons. The number of carbonyl (C=O) groups excluding carboxylic acids is 2. The summed E-state index contributed by atoms with van der Waals surface area (Å²) < 4.78 is 1.91. The van der Waals surface area contributed by atoms with Gasteiger partial charge in [0.2, 0.25) is 0 Å². The Hall–Kier alpha value is -1.78. The van der Waals surface area contributed by atoms with Crippen LogP contribution in [-0.2, 0) is 9.59 Å². The zero-order chi connectivity index (χ0) is 16.8. The minimum Gasteiger partial charge on any atom is -0.294 e. The van der Waals surface area contributed by atoms with Crippen molar-refractivity contribution in [2.24, 2.45) is 0 Å². The predicted molar refractivity (Wildman–Crippen MR) is 102 cm³/mol. The summed E-state index contributed by atoms with van der Waals surface area (Å²) in [4.78, 5) is 25.4. The minimum absolute atomic E-state index is 0.0210. The number of hydrogen-bond donors (Lipinski definition) is 0. The van der Waals surface area contributed by atoms with E-state index in [2.05, 4.69) is 31.9 Å². The zero-order valence-electron chi connectivity index (χ0n) is 12.5. The Bertz CT molecular complexity index is 863. The van der Waals surface area contributed by atoms with Gasteiger partial charge in [0.25, 0.3) is 0 Å². The van der Waals surface area contributed by atoms with E-state index < -0.39 is 11.8 Å². The Balaban J connectivity index is 1.90. The Morgan fingerprint density at radius 1 is 0.625 bits per heavy atom. The second-order valence-corrected chi connectivity index (χ2v) is 7.80. The SMILES string of the molecule is O=C1C=Cc2cc(Br)ccc2C1C1C(=O)C=Cc2cc(Br)ccc21. The second kappa shape index (κ2) is 5.94. The first kappa shape index (κ1) is 15.7. The highest BCUT2D eigenvalue weighted by atomic mass is 79.9. The number of fused-ring (bicyclic) bond motifs is 2. The first-order valence-corrected chi connectivity index (χ1v) is 9.16. The lowest BCUT2D eigenvalue weighted by Crippen LogP contribution is -2.28. The van der Waals surface area contributed by atoms with Crippen molar-refractivity contribution in [1.82, 2.24) is 0 Å². The molecule has 2 atom stereocenters. The molecule has 0 saturated carbocycles. The second-order valence-electron chi connectivity index (χ2n) is 5.97. The van der Waals surface area contributed by atoms with Gasteiger partial charge >= 0.3 is 0 Å². The third-order valence-electron chi connectivity index (χ3n) is 4.57. The average Bonchev–Trinajstić information content (AvgIpc) is 2.56. The Kier molecular flexibility index (Phi) is 3.89. The van der Waals surface area contributed by atoms with Crippen LogP contribution in [0.15, 0.2) is 57.5 Å². The number of rotatable bonds is 1. The number of hydrogen-bond acceptors (Lipinski definition) is 2. The van der Waals surface area contributed by atoms with Crippen molar-refractivity contribution in [3.8, 4) is 0 Å². The standard InChI is InChI=1S/C20H12Br2O2/c21-13-3-5-15-11(9-13)1-7-17(23)19(15)20-16-6-4-14(22)10-12(16)2-8-18(20)24/h1-10,19-20H. The third kappa shape index (κ3) is 2.54. The van der Waals surface area contributed by atoms with Gasteiger partial charge in [-0.15, -0.1) is 0 Å².